The Balaban J connectivity index is 1.36. The van der Waals surface area contributed by atoms with E-state index in [0.717, 1.165) is 41.0 Å². The molecule has 0 saturated carbocycles. The van der Waals surface area contributed by atoms with Crippen molar-refractivity contribution in [2.24, 2.45) is 0 Å². The number of amides is 1. The third kappa shape index (κ3) is 3.02. The summed E-state index contributed by atoms with van der Waals surface area (Å²) in [6.45, 7) is 9.02. The second-order valence-corrected chi connectivity index (χ2v) is 8.10. The number of nitrogens with zero attached hydrogens (tertiary/aromatic N) is 3. The van der Waals surface area contributed by atoms with Crippen molar-refractivity contribution in [1.82, 2.24) is 9.88 Å². The molecule has 2 aromatic heterocycles. The fraction of sp³-hybridized carbons (Fsp3) is 0.280. The smallest absolute Gasteiger partial charge is 0.290 e. The number of pyridine rings is 1. The van der Waals surface area contributed by atoms with Gasteiger partial charge in [-0.2, -0.15) is 0 Å². The van der Waals surface area contributed by atoms with Gasteiger partial charge in [0.15, 0.2) is 5.76 Å². The van der Waals surface area contributed by atoms with Crippen molar-refractivity contribution >= 4 is 33.6 Å². The Bertz CT molecular complexity index is 1270. The maximum absolute atomic E-state index is 13.1. The molecule has 0 aliphatic carbocycles. The first-order valence-corrected chi connectivity index (χ1v) is 10.4. The van der Waals surface area contributed by atoms with Crippen LogP contribution in [0.3, 0.4) is 0 Å². The van der Waals surface area contributed by atoms with E-state index < -0.39 is 0 Å². The Morgan fingerprint density at radius 2 is 1.63 bits per heavy atom. The molecule has 1 fully saturated rings. The summed E-state index contributed by atoms with van der Waals surface area (Å²) in [7, 11) is 0. The third-order valence-electron chi connectivity index (χ3n) is 6.16. The van der Waals surface area contributed by atoms with Crippen LogP contribution in [-0.2, 0) is 0 Å². The topological polar surface area (TPSA) is 49.6 Å². The number of rotatable bonds is 2. The van der Waals surface area contributed by atoms with Gasteiger partial charge in [0.2, 0.25) is 0 Å². The Morgan fingerprint density at radius 1 is 0.900 bits per heavy atom. The van der Waals surface area contributed by atoms with Gasteiger partial charge < -0.3 is 14.2 Å². The molecule has 0 N–H and O–H groups in total. The van der Waals surface area contributed by atoms with Gasteiger partial charge in [0.25, 0.3) is 5.91 Å². The number of aryl methyl sites for hydroxylation is 3. The van der Waals surface area contributed by atoms with E-state index in [0.29, 0.717) is 18.8 Å². The Labute approximate surface area is 175 Å². The fourth-order valence-electron chi connectivity index (χ4n) is 4.37. The van der Waals surface area contributed by atoms with Crippen molar-refractivity contribution in [3.05, 3.63) is 71.0 Å². The molecule has 4 aromatic rings. The molecule has 0 spiro atoms. The Morgan fingerprint density at radius 3 is 2.40 bits per heavy atom. The molecule has 30 heavy (non-hydrogen) atoms. The molecule has 1 aliphatic heterocycles. The number of hydrogen-bond acceptors (Lipinski definition) is 4. The second-order valence-electron chi connectivity index (χ2n) is 8.10. The summed E-state index contributed by atoms with van der Waals surface area (Å²) >= 11 is 0. The lowest BCUT2D eigenvalue weighted by Gasteiger charge is -2.35. The van der Waals surface area contributed by atoms with Crippen molar-refractivity contribution in [2.45, 2.75) is 20.8 Å². The van der Waals surface area contributed by atoms with Gasteiger partial charge in [0, 0.05) is 42.5 Å². The number of carbonyl (C=O) groups excluding carboxylic acids is 1. The van der Waals surface area contributed by atoms with Gasteiger partial charge in [-0.15, -0.1) is 0 Å². The van der Waals surface area contributed by atoms with Crippen molar-refractivity contribution in [3.63, 3.8) is 0 Å². The number of benzene rings is 2. The van der Waals surface area contributed by atoms with Crippen molar-refractivity contribution in [3.8, 4) is 0 Å². The first kappa shape index (κ1) is 18.7. The summed E-state index contributed by atoms with van der Waals surface area (Å²) in [6, 6.07) is 16.3. The lowest BCUT2D eigenvalue weighted by atomic mass is 10.1. The number of anilines is 1. The molecule has 0 radical (unpaired) electrons. The van der Waals surface area contributed by atoms with E-state index in [1.165, 1.54) is 16.5 Å². The first-order valence-electron chi connectivity index (χ1n) is 10.4. The third-order valence-corrected chi connectivity index (χ3v) is 6.16. The number of hydrogen-bond donors (Lipinski definition) is 0. The molecule has 3 heterocycles. The minimum atomic E-state index is -0.0261. The maximum atomic E-state index is 13.1. The van der Waals surface area contributed by atoms with Crippen LogP contribution in [0.5, 0.6) is 0 Å². The minimum absolute atomic E-state index is 0.0261. The SMILES string of the molecule is Cc1c(C(=O)N2CCN(c3cc(C)c4cccc(C)c4n3)CC2)oc2ccccc12. The standard InChI is InChI=1S/C25H25N3O2/c1-16-7-6-9-19-17(2)15-22(26-23(16)19)27-11-13-28(14-12-27)25(29)24-18(3)20-8-4-5-10-21(20)30-24/h4-10,15H,11-14H2,1-3H3. The van der Waals surface area contributed by atoms with Gasteiger partial charge >= 0.3 is 0 Å². The monoisotopic (exact) mass is 399 g/mol. The minimum Gasteiger partial charge on any atom is -0.451 e. The van der Waals surface area contributed by atoms with Crippen molar-refractivity contribution in [2.75, 3.05) is 31.1 Å². The molecule has 1 aliphatic rings. The summed E-state index contributed by atoms with van der Waals surface area (Å²) in [5.41, 5.74) is 5.16. The van der Waals surface area contributed by atoms with E-state index in [1.807, 2.05) is 36.1 Å². The molecule has 5 heteroatoms. The lowest BCUT2D eigenvalue weighted by molar-refractivity contribution is 0.0716. The van der Waals surface area contributed by atoms with E-state index in [4.69, 9.17) is 9.40 Å². The highest BCUT2D eigenvalue weighted by Crippen LogP contribution is 2.28. The summed E-state index contributed by atoms with van der Waals surface area (Å²) < 4.78 is 5.89. The van der Waals surface area contributed by atoms with Crippen LogP contribution in [0.1, 0.15) is 27.2 Å². The normalized spacial score (nSPS) is 14.6. The molecule has 5 rings (SSSR count). The van der Waals surface area contributed by atoms with E-state index in [-0.39, 0.29) is 5.91 Å². The van der Waals surface area contributed by atoms with Crippen LogP contribution in [0, 0.1) is 20.8 Å². The molecule has 1 saturated heterocycles. The number of para-hydroxylation sites is 2. The lowest BCUT2D eigenvalue weighted by Crippen LogP contribution is -2.49. The average molecular weight is 399 g/mol. The zero-order valence-electron chi connectivity index (χ0n) is 17.6. The van der Waals surface area contributed by atoms with Crippen LogP contribution in [0.25, 0.3) is 21.9 Å². The van der Waals surface area contributed by atoms with Crippen LogP contribution in [0.15, 0.2) is 52.9 Å². The van der Waals surface area contributed by atoms with Gasteiger partial charge in [-0.05, 0) is 44.0 Å². The first-order chi connectivity index (χ1) is 14.5. The van der Waals surface area contributed by atoms with E-state index >= 15 is 0 Å². The Kier molecular flexibility index (Phi) is 4.46. The second kappa shape index (κ2) is 7.17. The van der Waals surface area contributed by atoms with Crippen LogP contribution in [-0.4, -0.2) is 42.0 Å². The van der Waals surface area contributed by atoms with Crippen LogP contribution in [0.2, 0.25) is 0 Å². The van der Waals surface area contributed by atoms with Crippen molar-refractivity contribution in [1.29, 1.82) is 0 Å². The zero-order chi connectivity index (χ0) is 20.8. The highest BCUT2D eigenvalue weighted by Gasteiger charge is 2.27. The predicted molar refractivity (Wildman–Crippen MR) is 120 cm³/mol. The molecule has 1 amide bonds. The molecular formula is C25H25N3O2. The average Bonchev–Trinajstić information content (AvgIpc) is 3.11. The van der Waals surface area contributed by atoms with Crippen molar-refractivity contribution < 1.29 is 9.21 Å². The number of aromatic nitrogens is 1. The molecule has 0 bridgehead atoms. The van der Waals surface area contributed by atoms with Gasteiger partial charge in [-0.1, -0.05) is 36.4 Å². The maximum Gasteiger partial charge on any atom is 0.290 e. The Hall–Kier alpha value is -3.34. The predicted octanol–water partition coefficient (Wildman–Crippen LogP) is 4.87. The highest BCUT2D eigenvalue weighted by molar-refractivity contribution is 5.99. The largest absolute Gasteiger partial charge is 0.451 e. The number of piperazine rings is 1. The summed E-state index contributed by atoms with van der Waals surface area (Å²) in [6.07, 6.45) is 0. The molecular weight excluding hydrogens is 374 g/mol. The van der Waals surface area contributed by atoms with Crippen LogP contribution in [0.4, 0.5) is 5.82 Å². The van der Waals surface area contributed by atoms with E-state index in [2.05, 4.69) is 43.0 Å². The van der Waals surface area contributed by atoms with Gasteiger partial charge in [0.05, 0.1) is 5.52 Å². The summed E-state index contributed by atoms with van der Waals surface area (Å²) in [5, 5.41) is 2.21. The zero-order valence-corrected chi connectivity index (χ0v) is 17.6. The molecule has 0 unspecified atom stereocenters. The highest BCUT2D eigenvalue weighted by atomic mass is 16.3. The van der Waals surface area contributed by atoms with E-state index in [1.54, 1.807) is 0 Å². The van der Waals surface area contributed by atoms with Crippen LogP contribution >= 0.6 is 0 Å². The number of fused-ring (bicyclic) bond motifs is 2. The molecule has 152 valence electrons. The fourth-order valence-corrected chi connectivity index (χ4v) is 4.37. The van der Waals surface area contributed by atoms with Gasteiger partial charge in [-0.3, -0.25) is 4.79 Å². The van der Waals surface area contributed by atoms with Gasteiger partial charge in [-0.25, -0.2) is 4.98 Å². The van der Waals surface area contributed by atoms with Crippen LogP contribution < -0.4 is 4.90 Å². The molecule has 5 nitrogen and oxygen atoms in total. The number of carbonyl (C=O) groups is 1. The molecule has 0 atom stereocenters. The quantitative estimate of drug-likeness (QED) is 0.483. The summed E-state index contributed by atoms with van der Waals surface area (Å²) in [5.74, 6) is 1.42. The summed E-state index contributed by atoms with van der Waals surface area (Å²) in [4.78, 5) is 22.2. The molecule has 2 aromatic carbocycles. The van der Waals surface area contributed by atoms with E-state index in [9.17, 15) is 4.79 Å². The van der Waals surface area contributed by atoms with Gasteiger partial charge in [0.1, 0.15) is 11.4 Å². The number of furan rings is 1.